The molecule has 0 unspecified atom stereocenters. The SMILES string of the molecule is O=C(c1cc(F)c(F)c(F)c1F)n1c(=O)[nH]c2ccccc21. The number of hydrogen-bond acceptors (Lipinski definition) is 2. The number of nitrogens with zero attached hydrogens (tertiary/aromatic N) is 1. The van der Waals surface area contributed by atoms with E-state index in [1.165, 1.54) is 18.2 Å². The zero-order valence-corrected chi connectivity index (χ0v) is 10.7. The Labute approximate surface area is 119 Å². The highest BCUT2D eigenvalue weighted by molar-refractivity contribution is 6.01. The molecule has 0 aliphatic rings. The van der Waals surface area contributed by atoms with Crippen molar-refractivity contribution in [2.45, 2.75) is 0 Å². The number of hydrogen-bond donors (Lipinski definition) is 1. The van der Waals surface area contributed by atoms with Crippen molar-refractivity contribution in [2.24, 2.45) is 0 Å². The van der Waals surface area contributed by atoms with E-state index in [0.29, 0.717) is 4.57 Å². The maximum atomic E-state index is 13.7. The number of para-hydroxylation sites is 2. The Morgan fingerprint density at radius 1 is 1.00 bits per heavy atom. The number of rotatable bonds is 1. The highest BCUT2D eigenvalue weighted by Gasteiger charge is 2.25. The Hall–Kier alpha value is -2.90. The van der Waals surface area contributed by atoms with Crippen LogP contribution in [0.3, 0.4) is 0 Å². The highest BCUT2D eigenvalue weighted by atomic mass is 19.2. The van der Waals surface area contributed by atoms with Crippen LogP contribution in [0.15, 0.2) is 35.1 Å². The highest BCUT2D eigenvalue weighted by Crippen LogP contribution is 2.20. The standard InChI is InChI=1S/C14H6F4N2O2/c15-7-5-6(10(16)12(18)11(7)17)13(21)20-9-4-2-1-3-8(9)19-14(20)22/h1-5H,(H,19,22). The average molecular weight is 310 g/mol. The third kappa shape index (κ3) is 1.92. The minimum absolute atomic E-state index is 0.0991. The van der Waals surface area contributed by atoms with Crippen LogP contribution in [0.4, 0.5) is 17.6 Å². The molecule has 3 rings (SSSR count). The second kappa shape index (κ2) is 4.83. The minimum atomic E-state index is -2.11. The van der Waals surface area contributed by atoms with Crippen LogP contribution < -0.4 is 5.69 Å². The Morgan fingerprint density at radius 2 is 1.68 bits per heavy atom. The van der Waals surface area contributed by atoms with Crippen LogP contribution in [0.1, 0.15) is 10.4 Å². The summed E-state index contributed by atoms with van der Waals surface area (Å²) in [5.41, 5.74) is -1.61. The second-order valence-electron chi connectivity index (χ2n) is 4.44. The van der Waals surface area contributed by atoms with Gasteiger partial charge in [-0.1, -0.05) is 12.1 Å². The third-order valence-corrected chi connectivity index (χ3v) is 3.13. The molecule has 3 aromatic rings. The third-order valence-electron chi connectivity index (χ3n) is 3.13. The molecular formula is C14H6F4N2O2. The first-order valence-corrected chi connectivity index (χ1v) is 5.99. The van der Waals surface area contributed by atoms with Gasteiger partial charge in [0.25, 0.3) is 5.91 Å². The summed E-state index contributed by atoms with van der Waals surface area (Å²) in [4.78, 5) is 26.4. The van der Waals surface area contributed by atoms with Crippen LogP contribution in [0.5, 0.6) is 0 Å². The fourth-order valence-corrected chi connectivity index (χ4v) is 2.11. The largest absolute Gasteiger partial charge is 0.333 e. The fourth-order valence-electron chi connectivity index (χ4n) is 2.11. The number of H-pyrrole nitrogens is 1. The molecule has 0 radical (unpaired) electrons. The molecule has 4 nitrogen and oxygen atoms in total. The van der Waals surface area contributed by atoms with Gasteiger partial charge in [0.1, 0.15) is 0 Å². The van der Waals surface area contributed by atoms with E-state index >= 15 is 0 Å². The van der Waals surface area contributed by atoms with Gasteiger partial charge in [0.2, 0.25) is 0 Å². The van der Waals surface area contributed by atoms with Crippen molar-refractivity contribution in [3.8, 4) is 0 Å². The lowest BCUT2D eigenvalue weighted by molar-refractivity contribution is 0.0955. The molecule has 112 valence electrons. The quantitative estimate of drug-likeness (QED) is 0.427. The molecule has 0 saturated heterocycles. The van der Waals surface area contributed by atoms with Gasteiger partial charge in [-0.25, -0.2) is 26.9 Å². The molecule has 0 bridgehead atoms. The predicted molar refractivity (Wildman–Crippen MR) is 68.6 cm³/mol. The molecule has 0 fully saturated rings. The molecule has 0 atom stereocenters. The number of aromatic amines is 1. The van der Waals surface area contributed by atoms with Gasteiger partial charge in [-0.15, -0.1) is 0 Å². The first-order chi connectivity index (χ1) is 10.4. The van der Waals surface area contributed by atoms with Crippen LogP contribution in [0, 0.1) is 23.3 Å². The Bertz CT molecular complexity index is 975. The van der Waals surface area contributed by atoms with Crippen LogP contribution in [-0.4, -0.2) is 15.5 Å². The summed E-state index contributed by atoms with van der Waals surface area (Å²) in [7, 11) is 0. The van der Waals surface area contributed by atoms with Crippen LogP contribution in [0.25, 0.3) is 11.0 Å². The fraction of sp³-hybridized carbons (Fsp3) is 0. The van der Waals surface area contributed by atoms with Gasteiger partial charge < -0.3 is 4.98 Å². The Kier molecular flexibility index (Phi) is 3.09. The minimum Gasteiger partial charge on any atom is -0.305 e. The number of benzene rings is 2. The molecule has 22 heavy (non-hydrogen) atoms. The summed E-state index contributed by atoms with van der Waals surface area (Å²) in [6, 6.07) is 6.19. The van der Waals surface area contributed by atoms with E-state index in [4.69, 9.17) is 0 Å². The van der Waals surface area contributed by atoms with Crippen LogP contribution in [-0.2, 0) is 0 Å². The van der Waals surface area contributed by atoms with E-state index in [1.807, 2.05) is 0 Å². The van der Waals surface area contributed by atoms with Crippen molar-refractivity contribution in [1.29, 1.82) is 0 Å². The molecule has 1 N–H and O–H groups in total. The number of halogens is 4. The van der Waals surface area contributed by atoms with E-state index in [0.717, 1.165) is 0 Å². The van der Waals surface area contributed by atoms with E-state index in [2.05, 4.69) is 4.98 Å². The first kappa shape index (κ1) is 14.1. The van der Waals surface area contributed by atoms with E-state index < -0.39 is 40.4 Å². The van der Waals surface area contributed by atoms with Crippen LogP contribution in [0.2, 0.25) is 0 Å². The number of carbonyl (C=O) groups excluding carboxylic acids is 1. The Balaban J connectivity index is 2.28. The number of aromatic nitrogens is 2. The molecule has 0 spiro atoms. The van der Waals surface area contributed by atoms with E-state index in [-0.39, 0.29) is 17.1 Å². The smallest absolute Gasteiger partial charge is 0.305 e. The van der Waals surface area contributed by atoms with E-state index in [1.54, 1.807) is 6.07 Å². The summed E-state index contributed by atoms with van der Waals surface area (Å²) < 4.78 is 53.6. The van der Waals surface area contributed by atoms with Crippen molar-refractivity contribution < 1.29 is 22.4 Å². The summed E-state index contributed by atoms with van der Waals surface area (Å²) in [5, 5.41) is 0. The predicted octanol–water partition coefficient (Wildman–Crippen LogP) is 2.57. The zero-order chi connectivity index (χ0) is 16.0. The van der Waals surface area contributed by atoms with Gasteiger partial charge in [-0.2, -0.15) is 0 Å². The summed E-state index contributed by atoms with van der Waals surface area (Å²) in [5.74, 6) is -9.04. The van der Waals surface area contributed by atoms with Gasteiger partial charge in [0.05, 0.1) is 16.6 Å². The van der Waals surface area contributed by atoms with Crippen molar-refractivity contribution in [1.82, 2.24) is 9.55 Å². The molecule has 1 heterocycles. The normalized spacial score (nSPS) is 11.1. The van der Waals surface area contributed by atoms with Gasteiger partial charge in [-0.3, -0.25) is 4.79 Å². The lowest BCUT2D eigenvalue weighted by Crippen LogP contribution is -2.26. The Morgan fingerprint density at radius 3 is 2.41 bits per heavy atom. The first-order valence-electron chi connectivity index (χ1n) is 5.99. The maximum Gasteiger partial charge on any atom is 0.333 e. The molecule has 0 saturated carbocycles. The number of nitrogens with one attached hydrogen (secondary N) is 1. The molecule has 0 aliphatic heterocycles. The lowest BCUT2D eigenvalue weighted by Gasteiger charge is -2.06. The molecule has 2 aromatic carbocycles. The zero-order valence-electron chi connectivity index (χ0n) is 10.7. The topological polar surface area (TPSA) is 54.9 Å². The molecule has 1 aromatic heterocycles. The maximum absolute atomic E-state index is 13.7. The van der Waals surface area contributed by atoms with Crippen molar-refractivity contribution >= 4 is 16.9 Å². The average Bonchev–Trinajstić information content (AvgIpc) is 2.84. The van der Waals surface area contributed by atoms with Gasteiger partial charge in [0, 0.05) is 0 Å². The molecular weight excluding hydrogens is 304 g/mol. The van der Waals surface area contributed by atoms with Crippen molar-refractivity contribution in [2.75, 3.05) is 0 Å². The molecule has 0 amide bonds. The van der Waals surface area contributed by atoms with E-state index in [9.17, 15) is 27.2 Å². The summed E-state index contributed by atoms with van der Waals surface area (Å²) >= 11 is 0. The second-order valence-corrected chi connectivity index (χ2v) is 4.44. The van der Waals surface area contributed by atoms with Crippen molar-refractivity contribution in [3.05, 3.63) is 69.6 Å². The summed E-state index contributed by atoms with van der Waals surface area (Å²) in [6.07, 6.45) is 0. The monoisotopic (exact) mass is 310 g/mol. The van der Waals surface area contributed by atoms with Gasteiger partial charge >= 0.3 is 5.69 Å². The van der Waals surface area contributed by atoms with Gasteiger partial charge in [0.15, 0.2) is 23.3 Å². The number of imidazole rings is 1. The number of fused-ring (bicyclic) bond motifs is 1. The van der Waals surface area contributed by atoms with Gasteiger partial charge in [-0.05, 0) is 18.2 Å². The van der Waals surface area contributed by atoms with Crippen molar-refractivity contribution in [3.63, 3.8) is 0 Å². The lowest BCUT2D eigenvalue weighted by atomic mass is 10.1. The number of carbonyl (C=O) groups is 1. The summed E-state index contributed by atoms with van der Waals surface area (Å²) in [6.45, 7) is 0. The molecule has 0 aliphatic carbocycles. The molecule has 8 heteroatoms. The van der Waals surface area contributed by atoms with Crippen LogP contribution >= 0.6 is 0 Å².